The molecule has 0 aromatic rings. The number of nitrogens with zero attached hydrogens (tertiary/aromatic N) is 1. The highest BCUT2D eigenvalue weighted by molar-refractivity contribution is 7.87. The standard InChI is InChI=1S/C9H19N3O5S/c1-8(13)10-5-6-11-18(15,16)12(2)7-4-9(14)17-3/h11H,4-7H2,1-3H3,(H,10,13). The van der Waals surface area contributed by atoms with Gasteiger partial charge in [-0.3, -0.25) is 9.59 Å². The first kappa shape index (κ1) is 16.8. The van der Waals surface area contributed by atoms with Gasteiger partial charge in [0.2, 0.25) is 5.91 Å². The van der Waals surface area contributed by atoms with Gasteiger partial charge in [0.25, 0.3) is 10.2 Å². The molecule has 0 aliphatic heterocycles. The fourth-order valence-corrected chi connectivity index (χ4v) is 1.91. The van der Waals surface area contributed by atoms with E-state index in [2.05, 4.69) is 14.8 Å². The van der Waals surface area contributed by atoms with E-state index in [0.29, 0.717) is 0 Å². The molecule has 0 rings (SSSR count). The predicted molar refractivity (Wildman–Crippen MR) is 64.9 cm³/mol. The Morgan fingerprint density at radius 2 is 1.89 bits per heavy atom. The number of carbonyl (C=O) groups excluding carboxylic acids is 2. The Balaban J connectivity index is 4.03. The SMILES string of the molecule is COC(=O)CCN(C)S(=O)(=O)NCCNC(C)=O. The molecule has 0 aliphatic carbocycles. The average molecular weight is 281 g/mol. The third-order valence-corrected chi connectivity index (χ3v) is 3.62. The molecule has 0 aromatic carbocycles. The first-order valence-electron chi connectivity index (χ1n) is 5.31. The number of hydrogen-bond donors (Lipinski definition) is 2. The third-order valence-electron chi connectivity index (χ3n) is 2.05. The summed E-state index contributed by atoms with van der Waals surface area (Å²) < 4.78 is 31.0. The zero-order valence-corrected chi connectivity index (χ0v) is 11.5. The van der Waals surface area contributed by atoms with Crippen LogP contribution in [0.5, 0.6) is 0 Å². The number of carbonyl (C=O) groups is 2. The van der Waals surface area contributed by atoms with Gasteiger partial charge >= 0.3 is 5.97 Å². The van der Waals surface area contributed by atoms with Crippen LogP contribution in [0.15, 0.2) is 0 Å². The maximum atomic E-state index is 11.6. The van der Waals surface area contributed by atoms with Crippen molar-refractivity contribution in [1.82, 2.24) is 14.3 Å². The van der Waals surface area contributed by atoms with Crippen molar-refractivity contribution in [3.05, 3.63) is 0 Å². The van der Waals surface area contributed by atoms with E-state index >= 15 is 0 Å². The first-order valence-corrected chi connectivity index (χ1v) is 6.75. The first-order chi connectivity index (χ1) is 8.29. The maximum Gasteiger partial charge on any atom is 0.306 e. The topological polar surface area (TPSA) is 105 Å². The van der Waals surface area contributed by atoms with Crippen LogP contribution in [0, 0.1) is 0 Å². The quantitative estimate of drug-likeness (QED) is 0.414. The van der Waals surface area contributed by atoms with E-state index < -0.39 is 16.2 Å². The molecule has 0 atom stereocenters. The van der Waals surface area contributed by atoms with E-state index in [0.717, 1.165) is 4.31 Å². The van der Waals surface area contributed by atoms with Crippen molar-refractivity contribution in [2.45, 2.75) is 13.3 Å². The number of nitrogens with one attached hydrogen (secondary N) is 2. The number of hydrogen-bond acceptors (Lipinski definition) is 5. The molecule has 18 heavy (non-hydrogen) atoms. The second-order valence-electron chi connectivity index (χ2n) is 3.53. The van der Waals surface area contributed by atoms with Crippen molar-refractivity contribution in [3.63, 3.8) is 0 Å². The highest BCUT2D eigenvalue weighted by Gasteiger charge is 2.17. The number of rotatable bonds is 8. The number of ether oxygens (including phenoxy) is 1. The lowest BCUT2D eigenvalue weighted by Crippen LogP contribution is -2.42. The number of esters is 1. The minimum Gasteiger partial charge on any atom is -0.469 e. The maximum absolute atomic E-state index is 11.6. The summed E-state index contributed by atoms with van der Waals surface area (Å²) in [6.45, 7) is 1.67. The smallest absolute Gasteiger partial charge is 0.306 e. The summed E-state index contributed by atoms with van der Waals surface area (Å²) in [6, 6.07) is 0. The molecule has 0 aliphatic rings. The van der Waals surface area contributed by atoms with Crippen LogP contribution in [-0.4, -0.2) is 58.4 Å². The molecule has 1 amide bonds. The van der Waals surface area contributed by atoms with Gasteiger partial charge in [0.1, 0.15) is 0 Å². The Morgan fingerprint density at radius 1 is 1.28 bits per heavy atom. The van der Waals surface area contributed by atoms with Crippen molar-refractivity contribution >= 4 is 22.1 Å². The lowest BCUT2D eigenvalue weighted by molar-refractivity contribution is -0.140. The Morgan fingerprint density at radius 3 is 2.39 bits per heavy atom. The van der Waals surface area contributed by atoms with Gasteiger partial charge in [-0.1, -0.05) is 0 Å². The van der Waals surface area contributed by atoms with E-state index in [1.54, 1.807) is 0 Å². The largest absolute Gasteiger partial charge is 0.469 e. The molecular formula is C9H19N3O5S. The molecule has 2 N–H and O–H groups in total. The van der Waals surface area contributed by atoms with Crippen molar-refractivity contribution < 1.29 is 22.7 Å². The van der Waals surface area contributed by atoms with Crippen LogP contribution in [0.3, 0.4) is 0 Å². The third kappa shape index (κ3) is 7.20. The van der Waals surface area contributed by atoms with Gasteiger partial charge in [-0.15, -0.1) is 0 Å². The van der Waals surface area contributed by atoms with Crippen LogP contribution < -0.4 is 10.0 Å². The molecule has 9 heteroatoms. The average Bonchev–Trinajstić information content (AvgIpc) is 2.30. The van der Waals surface area contributed by atoms with Crippen molar-refractivity contribution in [3.8, 4) is 0 Å². The number of methoxy groups -OCH3 is 1. The summed E-state index contributed by atoms with van der Waals surface area (Å²) >= 11 is 0. The summed E-state index contributed by atoms with van der Waals surface area (Å²) in [5, 5.41) is 2.46. The molecule has 0 spiro atoms. The minimum atomic E-state index is -3.64. The summed E-state index contributed by atoms with van der Waals surface area (Å²) in [5.41, 5.74) is 0. The van der Waals surface area contributed by atoms with E-state index in [-0.39, 0.29) is 32.0 Å². The van der Waals surface area contributed by atoms with Crippen LogP contribution in [0.25, 0.3) is 0 Å². The summed E-state index contributed by atoms with van der Waals surface area (Å²) in [7, 11) is -1.05. The normalized spacial score (nSPS) is 11.3. The summed E-state index contributed by atoms with van der Waals surface area (Å²) in [6.07, 6.45) is -0.0143. The zero-order chi connectivity index (χ0) is 14.2. The van der Waals surface area contributed by atoms with Crippen LogP contribution in [0.1, 0.15) is 13.3 Å². The molecule has 106 valence electrons. The fourth-order valence-electron chi connectivity index (χ4n) is 1.000. The molecule has 0 fully saturated rings. The Kier molecular flexibility index (Phi) is 7.48. The van der Waals surface area contributed by atoms with E-state index in [1.807, 2.05) is 0 Å². The van der Waals surface area contributed by atoms with Crippen LogP contribution in [0.4, 0.5) is 0 Å². The lowest BCUT2D eigenvalue weighted by atomic mass is 10.4. The van der Waals surface area contributed by atoms with Crippen molar-refractivity contribution in [1.29, 1.82) is 0 Å². The minimum absolute atomic E-state index is 0.0143. The van der Waals surface area contributed by atoms with E-state index in [1.165, 1.54) is 21.1 Å². The molecule has 0 saturated heterocycles. The predicted octanol–water partition coefficient (Wildman–Crippen LogP) is -1.55. The van der Waals surface area contributed by atoms with Gasteiger partial charge in [-0.05, 0) is 0 Å². The lowest BCUT2D eigenvalue weighted by Gasteiger charge is -2.17. The van der Waals surface area contributed by atoms with Gasteiger partial charge in [0.05, 0.1) is 13.5 Å². The van der Waals surface area contributed by atoms with Gasteiger partial charge in [-0.25, -0.2) is 4.72 Å². The van der Waals surface area contributed by atoms with Crippen LogP contribution >= 0.6 is 0 Å². The highest BCUT2D eigenvalue weighted by atomic mass is 32.2. The van der Waals surface area contributed by atoms with Gasteiger partial charge < -0.3 is 10.1 Å². The fraction of sp³-hybridized carbons (Fsp3) is 0.778. The van der Waals surface area contributed by atoms with E-state index in [4.69, 9.17) is 0 Å². The van der Waals surface area contributed by atoms with Crippen LogP contribution in [-0.2, 0) is 24.5 Å². The molecule has 0 aromatic heterocycles. The van der Waals surface area contributed by atoms with Crippen molar-refractivity contribution in [2.24, 2.45) is 0 Å². The zero-order valence-electron chi connectivity index (χ0n) is 10.7. The Hall–Kier alpha value is -1.19. The van der Waals surface area contributed by atoms with Gasteiger partial charge in [0, 0.05) is 33.6 Å². The molecule has 0 unspecified atom stereocenters. The molecule has 0 radical (unpaired) electrons. The molecule has 8 nitrogen and oxygen atoms in total. The Labute approximate surface area is 107 Å². The number of amides is 1. The molecular weight excluding hydrogens is 262 g/mol. The van der Waals surface area contributed by atoms with Gasteiger partial charge in [0.15, 0.2) is 0 Å². The summed E-state index contributed by atoms with van der Waals surface area (Å²) in [5.74, 6) is -0.705. The highest BCUT2D eigenvalue weighted by Crippen LogP contribution is 1.96. The second-order valence-corrected chi connectivity index (χ2v) is 5.39. The Bertz CT molecular complexity index is 382. The van der Waals surface area contributed by atoms with Crippen molar-refractivity contribution in [2.75, 3.05) is 33.8 Å². The monoisotopic (exact) mass is 281 g/mol. The molecule has 0 saturated carbocycles. The molecule has 0 bridgehead atoms. The summed E-state index contributed by atoms with van der Waals surface area (Å²) in [4.78, 5) is 21.4. The van der Waals surface area contributed by atoms with Gasteiger partial charge in [-0.2, -0.15) is 12.7 Å². The van der Waals surface area contributed by atoms with Crippen LogP contribution in [0.2, 0.25) is 0 Å². The van der Waals surface area contributed by atoms with E-state index in [9.17, 15) is 18.0 Å². The molecule has 0 heterocycles. The second kappa shape index (κ2) is 8.01.